The van der Waals surface area contributed by atoms with Crippen LogP contribution in [0.15, 0.2) is 30.3 Å². The van der Waals surface area contributed by atoms with Crippen LogP contribution in [0.4, 0.5) is 30.1 Å². The molecule has 12 heteroatoms. The number of halogens is 2. The quantitative estimate of drug-likeness (QED) is 0.506. The van der Waals surface area contributed by atoms with Gasteiger partial charge in [-0.2, -0.15) is 14.4 Å². The van der Waals surface area contributed by atoms with E-state index in [0.717, 1.165) is 41.7 Å². The number of amides is 2. The summed E-state index contributed by atoms with van der Waals surface area (Å²) in [5.41, 5.74) is 1.54. The van der Waals surface area contributed by atoms with Crippen LogP contribution in [0.25, 0.3) is 0 Å². The van der Waals surface area contributed by atoms with Gasteiger partial charge in [-0.25, -0.2) is 14.0 Å². The summed E-state index contributed by atoms with van der Waals surface area (Å²) in [6.45, 7) is 12.1. The van der Waals surface area contributed by atoms with Crippen molar-refractivity contribution >= 4 is 24.0 Å². The zero-order chi connectivity index (χ0) is 28.3. The molecular formula is C27H36F2N6O4. The molecule has 1 aromatic carbocycles. The number of anilines is 2. The monoisotopic (exact) mass is 546 g/mol. The molecule has 2 aromatic rings. The highest BCUT2D eigenvalue weighted by molar-refractivity contribution is 5.89. The summed E-state index contributed by atoms with van der Waals surface area (Å²) in [4.78, 5) is 37.5. The molecule has 2 fully saturated rings. The first-order chi connectivity index (χ1) is 18.4. The van der Waals surface area contributed by atoms with Crippen molar-refractivity contribution in [1.82, 2.24) is 19.8 Å². The van der Waals surface area contributed by atoms with E-state index >= 15 is 0 Å². The van der Waals surface area contributed by atoms with Crippen molar-refractivity contribution in [3.05, 3.63) is 47.4 Å². The Morgan fingerprint density at radius 2 is 1.82 bits per heavy atom. The molecule has 1 N–H and O–H groups in total. The minimum atomic E-state index is -1.38. The second-order valence-electron chi connectivity index (χ2n) is 10.9. The molecule has 3 atom stereocenters. The highest BCUT2D eigenvalue weighted by atomic mass is 19.1. The highest BCUT2D eigenvalue weighted by Gasteiger charge is 2.39. The fraction of sp³-hybridized carbons (Fsp3) is 0.556. The number of alkyl halides is 1. The predicted octanol–water partition coefficient (Wildman–Crippen LogP) is 4.52. The maximum Gasteiger partial charge on any atom is 0.416 e. The van der Waals surface area contributed by atoms with E-state index in [1.807, 2.05) is 52.0 Å². The Hall–Kier alpha value is -3.54. The molecule has 10 nitrogen and oxygen atoms in total. The summed E-state index contributed by atoms with van der Waals surface area (Å²) in [7, 11) is 0. The maximum atomic E-state index is 14.3. The lowest BCUT2D eigenvalue weighted by Gasteiger charge is -2.35. The fourth-order valence-electron chi connectivity index (χ4n) is 4.49. The van der Waals surface area contributed by atoms with Crippen molar-refractivity contribution in [2.24, 2.45) is 0 Å². The van der Waals surface area contributed by atoms with E-state index in [-0.39, 0.29) is 30.5 Å². The van der Waals surface area contributed by atoms with Gasteiger partial charge in [0.15, 0.2) is 0 Å². The Bertz CT molecular complexity index is 1170. The van der Waals surface area contributed by atoms with E-state index in [4.69, 9.17) is 9.47 Å². The summed E-state index contributed by atoms with van der Waals surface area (Å²) in [6, 6.07) is 7.83. The zero-order valence-corrected chi connectivity index (χ0v) is 23.0. The third-order valence-corrected chi connectivity index (χ3v) is 6.62. The van der Waals surface area contributed by atoms with Gasteiger partial charge in [-0.05, 0) is 45.7 Å². The van der Waals surface area contributed by atoms with Crippen molar-refractivity contribution in [3.8, 4) is 0 Å². The van der Waals surface area contributed by atoms with E-state index in [2.05, 4.69) is 20.2 Å². The van der Waals surface area contributed by atoms with Gasteiger partial charge in [0.2, 0.25) is 11.9 Å². The van der Waals surface area contributed by atoms with Crippen LogP contribution in [0, 0.1) is 5.95 Å². The van der Waals surface area contributed by atoms with Crippen LogP contribution in [0.1, 0.15) is 51.8 Å². The number of benzene rings is 1. The Kier molecular flexibility index (Phi) is 8.53. The standard InChI is InChI=1S/C27H36F2N6O4/c1-17(28)21-16-38-26(37)35(21)23-14-22(29)31-24(32-23)30-18(2)20-8-6-19(7-9-20)15-33-10-12-34(13-11-33)25(36)39-27(3,4)5/h6-9,14,17-18,21H,10-13,15-16H2,1-5H3,(H,30,31,32)/t17-,18-,21?/m0/s1. The first-order valence-electron chi connectivity index (χ1n) is 13.1. The average molecular weight is 547 g/mol. The molecule has 0 aliphatic carbocycles. The van der Waals surface area contributed by atoms with E-state index < -0.39 is 29.9 Å². The van der Waals surface area contributed by atoms with Crippen LogP contribution in [0.3, 0.4) is 0 Å². The van der Waals surface area contributed by atoms with Gasteiger partial charge in [-0.15, -0.1) is 0 Å². The molecule has 212 valence electrons. The molecule has 0 radical (unpaired) electrons. The number of aromatic nitrogens is 2. The third-order valence-electron chi connectivity index (χ3n) is 6.62. The van der Waals surface area contributed by atoms with Gasteiger partial charge >= 0.3 is 12.2 Å². The maximum absolute atomic E-state index is 14.3. The average Bonchev–Trinajstić information content (AvgIpc) is 3.25. The number of rotatable bonds is 7. The van der Waals surface area contributed by atoms with E-state index in [9.17, 15) is 18.4 Å². The van der Waals surface area contributed by atoms with Gasteiger partial charge in [-0.1, -0.05) is 24.3 Å². The lowest BCUT2D eigenvalue weighted by molar-refractivity contribution is 0.0139. The van der Waals surface area contributed by atoms with Crippen molar-refractivity contribution in [1.29, 1.82) is 0 Å². The van der Waals surface area contributed by atoms with Crippen LogP contribution in [-0.4, -0.2) is 82.6 Å². The predicted molar refractivity (Wildman–Crippen MR) is 142 cm³/mol. The number of hydrogen-bond acceptors (Lipinski definition) is 8. The summed E-state index contributed by atoms with van der Waals surface area (Å²) in [6.07, 6.45) is -2.43. The molecule has 0 saturated carbocycles. The van der Waals surface area contributed by atoms with Gasteiger partial charge in [0.1, 0.15) is 30.2 Å². The van der Waals surface area contributed by atoms with Crippen LogP contribution in [0.2, 0.25) is 0 Å². The summed E-state index contributed by atoms with van der Waals surface area (Å²) in [5, 5.41) is 3.06. The Labute approximate surface area is 227 Å². The molecule has 2 amide bonds. The normalized spacial score (nSPS) is 20.0. The van der Waals surface area contributed by atoms with Crippen molar-refractivity contribution < 1.29 is 27.8 Å². The van der Waals surface area contributed by atoms with Crippen LogP contribution < -0.4 is 10.2 Å². The second-order valence-corrected chi connectivity index (χ2v) is 10.9. The Morgan fingerprint density at radius 3 is 2.44 bits per heavy atom. The fourth-order valence-corrected chi connectivity index (χ4v) is 4.49. The smallest absolute Gasteiger partial charge is 0.416 e. The molecule has 0 bridgehead atoms. The summed E-state index contributed by atoms with van der Waals surface area (Å²) < 4.78 is 38.7. The van der Waals surface area contributed by atoms with Crippen molar-refractivity contribution in [2.75, 3.05) is 43.0 Å². The topological polar surface area (TPSA) is 100 Å². The van der Waals surface area contributed by atoms with Gasteiger partial charge in [0.25, 0.3) is 0 Å². The van der Waals surface area contributed by atoms with Crippen LogP contribution in [0.5, 0.6) is 0 Å². The molecule has 1 unspecified atom stereocenters. The van der Waals surface area contributed by atoms with Crippen molar-refractivity contribution in [3.63, 3.8) is 0 Å². The highest BCUT2D eigenvalue weighted by Crippen LogP contribution is 2.27. The molecule has 39 heavy (non-hydrogen) atoms. The van der Waals surface area contributed by atoms with Gasteiger partial charge < -0.3 is 19.7 Å². The molecule has 2 saturated heterocycles. The molecule has 4 rings (SSSR count). The lowest BCUT2D eigenvalue weighted by atomic mass is 10.1. The molecular weight excluding hydrogens is 510 g/mol. The molecule has 2 aliphatic heterocycles. The number of carbonyl (C=O) groups is 2. The van der Waals surface area contributed by atoms with Gasteiger partial charge in [0.05, 0.1) is 6.04 Å². The van der Waals surface area contributed by atoms with E-state index in [1.54, 1.807) is 4.90 Å². The lowest BCUT2D eigenvalue weighted by Crippen LogP contribution is -2.49. The van der Waals surface area contributed by atoms with E-state index in [1.165, 1.54) is 6.92 Å². The summed E-state index contributed by atoms with van der Waals surface area (Å²) in [5.74, 6) is -0.924. The number of cyclic esters (lactones) is 1. The third kappa shape index (κ3) is 7.31. The number of piperazine rings is 1. The first kappa shape index (κ1) is 28.5. The summed E-state index contributed by atoms with van der Waals surface area (Å²) >= 11 is 0. The van der Waals surface area contributed by atoms with Crippen molar-refractivity contribution in [2.45, 2.75) is 65.0 Å². The molecule has 0 spiro atoms. The van der Waals surface area contributed by atoms with Gasteiger partial charge in [0, 0.05) is 38.8 Å². The minimum Gasteiger partial charge on any atom is -0.447 e. The minimum absolute atomic E-state index is 0.0191. The number of nitrogens with zero attached hydrogens (tertiary/aromatic N) is 5. The van der Waals surface area contributed by atoms with Gasteiger partial charge in [-0.3, -0.25) is 9.80 Å². The number of nitrogens with one attached hydrogen (secondary N) is 1. The Balaban J connectivity index is 1.34. The van der Waals surface area contributed by atoms with Crippen LogP contribution in [-0.2, 0) is 16.0 Å². The number of hydrogen-bond donors (Lipinski definition) is 1. The SMILES string of the molecule is C[C@H](Nc1nc(F)cc(N2C(=O)OCC2[C@H](C)F)n1)c1ccc(CN2CCN(C(=O)OC(C)(C)C)CC2)cc1. The van der Waals surface area contributed by atoms with E-state index in [0.29, 0.717) is 13.1 Å². The molecule has 3 heterocycles. The largest absolute Gasteiger partial charge is 0.447 e. The molecule has 2 aliphatic rings. The number of carbonyl (C=O) groups excluding carboxylic acids is 2. The zero-order valence-electron chi connectivity index (χ0n) is 23.0. The first-order valence-corrected chi connectivity index (χ1v) is 13.1. The Morgan fingerprint density at radius 1 is 1.15 bits per heavy atom. The van der Waals surface area contributed by atoms with Crippen LogP contribution >= 0.6 is 0 Å². The number of ether oxygens (including phenoxy) is 2. The molecule has 1 aromatic heterocycles. The second kappa shape index (κ2) is 11.7.